The number of sulfonamides is 1. The Morgan fingerprint density at radius 2 is 1.85 bits per heavy atom. The van der Waals surface area contributed by atoms with Crippen molar-refractivity contribution in [2.75, 3.05) is 26.2 Å². The van der Waals surface area contributed by atoms with Crippen molar-refractivity contribution in [1.82, 2.24) is 9.62 Å². The van der Waals surface area contributed by atoms with E-state index in [4.69, 9.17) is 23.2 Å². The van der Waals surface area contributed by atoms with Gasteiger partial charge in [0, 0.05) is 18.1 Å². The summed E-state index contributed by atoms with van der Waals surface area (Å²) in [6.45, 7) is 4.96. The number of halogens is 2. The van der Waals surface area contributed by atoms with Gasteiger partial charge in [-0.05, 0) is 50.6 Å². The van der Waals surface area contributed by atoms with Crippen LogP contribution in [0.2, 0.25) is 10.0 Å². The van der Waals surface area contributed by atoms with Gasteiger partial charge >= 0.3 is 0 Å². The predicted molar refractivity (Wildman–Crippen MR) is 82.1 cm³/mol. The zero-order valence-corrected chi connectivity index (χ0v) is 13.7. The largest absolute Gasteiger partial charge is 0.302 e. The second-order valence-corrected chi connectivity index (χ2v) is 7.53. The van der Waals surface area contributed by atoms with Crippen molar-refractivity contribution in [3.8, 4) is 0 Å². The van der Waals surface area contributed by atoms with Gasteiger partial charge in [0.05, 0.1) is 5.02 Å². The molecule has 1 N–H and O–H groups in total. The van der Waals surface area contributed by atoms with Crippen LogP contribution in [0.1, 0.15) is 18.4 Å². The Morgan fingerprint density at radius 1 is 1.20 bits per heavy atom. The van der Waals surface area contributed by atoms with Gasteiger partial charge in [-0.3, -0.25) is 0 Å². The lowest BCUT2D eigenvalue weighted by atomic mass is 10.2. The molecule has 1 fully saturated rings. The maximum absolute atomic E-state index is 12.2. The van der Waals surface area contributed by atoms with E-state index in [-0.39, 0.29) is 9.92 Å². The smallest absolute Gasteiger partial charge is 0.242 e. The lowest BCUT2D eigenvalue weighted by Crippen LogP contribution is -2.33. The highest BCUT2D eigenvalue weighted by atomic mass is 35.5. The number of aryl methyl sites for hydroxylation is 1. The van der Waals surface area contributed by atoms with Crippen LogP contribution in [0.3, 0.4) is 0 Å². The molecule has 0 aliphatic carbocycles. The summed E-state index contributed by atoms with van der Waals surface area (Å²) in [6, 6.07) is 2.97. The first kappa shape index (κ1) is 16.0. The Kier molecular flexibility index (Phi) is 5.31. The van der Waals surface area contributed by atoms with E-state index in [0.29, 0.717) is 17.1 Å². The maximum atomic E-state index is 12.2. The lowest BCUT2D eigenvalue weighted by molar-refractivity contribution is 0.344. The van der Waals surface area contributed by atoms with Crippen molar-refractivity contribution in [1.29, 1.82) is 0 Å². The first-order valence-corrected chi connectivity index (χ1v) is 8.82. The van der Waals surface area contributed by atoms with Crippen LogP contribution in [0.5, 0.6) is 0 Å². The van der Waals surface area contributed by atoms with E-state index in [1.54, 1.807) is 6.92 Å². The summed E-state index contributed by atoms with van der Waals surface area (Å²) in [6.07, 6.45) is 2.38. The van der Waals surface area contributed by atoms with Crippen molar-refractivity contribution in [2.24, 2.45) is 0 Å². The van der Waals surface area contributed by atoms with Crippen LogP contribution >= 0.6 is 23.2 Å². The van der Waals surface area contributed by atoms with Crippen LogP contribution in [0.4, 0.5) is 0 Å². The molecule has 0 unspecified atom stereocenters. The van der Waals surface area contributed by atoms with E-state index in [1.165, 1.54) is 25.0 Å². The number of nitrogens with zero attached hydrogens (tertiary/aromatic N) is 1. The average molecular weight is 337 g/mol. The molecule has 0 aromatic heterocycles. The quantitative estimate of drug-likeness (QED) is 0.899. The van der Waals surface area contributed by atoms with Gasteiger partial charge in [-0.2, -0.15) is 0 Å². The highest BCUT2D eigenvalue weighted by molar-refractivity contribution is 7.89. The minimum Gasteiger partial charge on any atom is -0.302 e. The highest BCUT2D eigenvalue weighted by Gasteiger charge is 2.20. The molecule has 1 aliphatic heterocycles. The second kappa shape index (κ2) is 6.62. The predicted octanol–water partition coefficient (Wildman–Crippen LogP) is 2.68. The molecule has 0 saturated carbocycles. The molecule has 20 heavy (non-hydrogen) atoms. The molecule has 112 valence electrons. The third-order valence-corrected chi connectivity index (χ3v) is 5.75. The van der Waals surface area contributed by atoms with Crippen LogP contribution in [0.15, 0.2) is 17.0 Å². The monoisotopic (exact) mass is 336 g/mol. The first-order chi connectivity index (χ1) is 9.40. The van der Waals surface area contributed by atoms with E-state index >= 15 is 0 Å². The standard InChI is InChI=1S/C13H18Cl2N2O2S/c1-10-8-13(12(15)9-11(10)14)20(18,19)16-4-7-17-5-2-3-6-17/h8-9,16H,2-7H2,1H3. The number of hydrogen-bond donors (Lipinski definition) is 1. The van der Waals surface area contributed by atoms with E-state index in [9.17, 15) is 8.42 Å². The average Bonchev–Trinajstić information content (AvgIpc) is 2.86. The van der Waals surface area contributed by atoms with E-state index in [2.05, 4.69) is 9.62 Å². The molecule has 2 rings (SSSR count). The van der Waals surface area contributed by atoms with Crippen LogP contribution in [0, 0.1) is 6.92 Å². The van der Waals surface area contributed by atoms with Gasteiger partial charge in [0.15, 0.2) is 0 Å². The summed E-state index contributed by atoms with van der Waals surface area (Å²) in [5.41, 5.74) is 0.691. The zero-order valence-electron chi connectivity index (χ0n) is 11.3. The molecule has 0 bridgehead atoms. The van der Waals surface area contributed by atoms with Gasteiger partial charge in [0.25, 0.3) is 0 Å². The van der Waals surface area contributed by atoms with Crippen LogP contribution in [0.25, 0.3) is 0 Å². The minimum absolute atomic E-state index is 0.0856. The summed E-state index contributed by atoms with van der Waals surface area (Å²) < 4.78 is 27.1. The highest BCUT2D eigenvalue weighted by Crippen LogP contribution is 2.27. The lowest BCUT2D eigenvalue weighted by Gasteiger charge is -2.15. The molecule has 1 heterocycles. The summed E-state index contributed by atoms with van der Waals surface area (Å²) in [5.74, 6) is 0. The normalized spacial score (nSPS) is 16.8. The summed E-state index contributed by atoms with van der Waals surface area (Å²) in [5, 5.41) is 0.611. The number of rotatable bonds is 5. The molecule has 1 aliphatic rings. The van der Waals surface area contributed by atoms with Gasteiger partial charge in [-0.25, -0.2) is 13.1 Å². The van der Waals surface area contributed by atoms with Crippen molar-refractivity contribution >= 4 is 33.2 Å². The zero-order chi connectivity index (χ0) is 14.8. The first-order valence-electron chi connectivity index (χ1n) is 6.58. The Bertz CT molecular complexity index is 584. The molecular formula is C13H18Cl2N2O2S. The van der Waals surface area contributed by atoms with Gasteiger partial charge in [0.1, 0.15) is 4.90 Å². The molecular weight excluding hydrogens is 319 g/mol. The minimum atomic E-state index is -3.59. The van der Waals surface area contributed by atoms with Crippen LogP contribution < -0.4 is 4.72 Å². The summed E-state index contributed by atoms with van der Waals surface area (Å²) >= 11 is 11.9. The third kappa shape index (κ3) is 3.86. The maximum Gasteiger partial charge on any atom is 0.242 e. The molecule has 0 spiro atoms. The molecule has 4 nitrogen and oxygen atoms in total. The van der Waals surface area contributed by atoms with Crippen molar-refractivity contribution in [3.63, 3.8) is 0 Å². The molecule has 7 heteroatoms. The molecule has 1 aromatic rings. The molecule has 0 atom stereocenters. The molecule has 1 saturated heterocycles. The van der Waals surface area contributed by atoms with Gasteiger partial charge in [0.2, 0.25) is 10.0 Å². The van der Waals surface area contributed by atoms with Gasteiger partial charge in [-0.1, -0.05) is 23.2 Å². The number of benzene rings is 1. The summed E-state index contributed by atoms with van der Waals surface area (Å²) in [7, 11) is -3.59. The topological polar surface area (TPSA) is 49.4 Å². The SMILES string of the molecule is Cc1cc(S(=O)(=O)NCCN2CCCC2)c(Cl)cc1Cl. The Labute approximate surface area is 130 Å². The molecule has 0 radical (unpaired) electrons. The van der Waals surface area contributed by atoms with E-state index in [1.807, 2.05) is 0 Å². The number of hydrogen-bond acceptors (Lipinski definition) is 3. The van der Waals surface area contributed by atoms with Crippen LogP contribution in [-0.2, 0) is 10.0 Å². The molecule has 0 amide bonds. The number of nitrogens with one attached hydrogen (secondary N) is 1. The van der Waals surface area contributed by atoms with Crippen LogP contribution in [-0.4, -0.2) is 39.5 Å². The Morgan fingerprint density at radius 3 is 2.50 bits per heavy atom. The summed E-state index contributed by atoms with van der Waals surface area (Å²) in [4.78, 5) is 2.33. The second-order valence-electron chi connectivity index (χ2n) is 4.98. The number of likely N-dealkylation sites (tertiary alicyclic amines) is 1. The third-order valence-electron chi connectivity index (χ3n) is 3.42. The van der Waals surface area contributed by atoms with E-state index in [0.717, 1.165) is 19.6 Å². The van der Waals surface area contributed by atoms with Gasteiger partial charge in [-0.15, -0.1) is 0 Å². The van der Waals surface area contributed by atoms with Crippen molar-refractivity contribution < 1.29 is 8.42 Å². The molecule has 1 aromatic carbocycles. The van der Waals surface area contributed by atoms with Crippen molar-refractivity contribution in [3.05, 3.63) is 27.7 Å². The fourth-order valence-electron chi connectivity index (χ4n) is 2.26. The fourth-order valence-corrected chi connectivity index (χ4v) is 4.11. The Hall–Kier alpha value is -0.330. The van der Waals surface area contributed by atoms with Gasteiger partial charge < -0.3 is 4.90 Å². The van der Waals surface area contributed by atoms with Crippen molar-refractivity contribution in [2.45, 2.75) is 24.7 Å². The fraction of sp³-hybridized carbons (Fsp3) is 0.538. The Balaban J connectivity index is 2.04. The van der Waals surface area contributed by atoms with E-state index < -0.39 is 10.0 Å².